The highest BCUT2D eigenvalue weighted by Gasteiger charge is 2.46. The topological polar surface area (TPSA) is 74.6 Å². The Kier molecular flexibility index (Phi) is 2.17. The van der Waals surface area contributed by atoms with E-state index in [-0.39, 0.29) is 0 Å². The Balaban J connectivity index is 2.15. The van der Waals surface area contributed by atoms with Crippen LogP contribution in [0.25, 0.3) is 0 Å². The molecule has 0 spiro atoms. The van der Waals surface area contributed by atoms with Crippen molar-refractivity contribution in [1.29, 1.82) is 10.5 Å². The number of nitrogens with zero attached hydrogens (tertiary/aromatic N) is 4. The molecule has 0 saturated carbocycles. The largest absolute Gasteiger partial charge is 0.377 e. The normalized spacial score (nSPS) is 20.8. The van der Waals surface area contributed by atoms with E-state index in [2.05, 4.69) is 21.7 Å². The van der Waals surface area contributed by atoms with Gasteiger partial charge in [-0.15, -0.1) is 0 Å². The number of hydrogen-bond donors (Lipinski definition) is 0. The third-order valence-corrected chi connectivity index (χ3v) is 3.56. The Bertz CT molecular complexity index is 542. The number of rotatable bonds is 1. The fraction of sp³-hybridized carbons (Fsp3) is 0.583. The average molecular weight is 228 g/mol. The summed E-state index contributed by atoms with van der Waals surface area (Å²) in [7, 11) is 0. The molecular weight excluding hydrogens is 216 g/mol. The van der Waals surface area contributed by atoms with E-state index in [0.29, 0.717) is 18.9 Å². The quantitative estimate of drug-likeness (QED) is 0.715. The average Bonchev–Trinajstić information content (AvgIpc) is 2.68. The van der Waals surface area contributed by atoms with Crippen LogP contribution in [0.2, 0.25) is 0 Å². The van der Waals surface area contributed by atoms with Crippen LogP contribution < -0.4 is 0 Å². The van der Waals surface area contributed by atoms with E-state index < -0.39 is 5.41 Å². The van der Waals surface area contributed by atoms with E-state index in [4.69, 9.17) is 10.00 Å². The molecule has 0 aromatic carbocycles. The Morgan fingerprint density at radius 1 is 1.29 bits per heavy atom. The van der Waals surface area contributed by atoms with Gasteiger partial charge in [-0.3, -0.25) is 0 Å². The molecule has 0 N–H and O–H groups in total. The lowest BCUT2D eigenvalue weighted by molar-refractivity contribution is -0.0356. The smallest absolute Gasteiger partial charge is 0.162 e. The zero-order chi connectivity index (χ0) is 11.9. The molecule has 86 valence electrons. The number of ether oxygens (including phenoxy) is 1. The third kappa shape index (κ3) is 1.30. The van der Waals surface area contributed by atoms with Gasteiger partial charge < -0.3 is 9.30 Å². The van der Waals surface area contributed by atoms with Gasteiger partial charge in [0.05, 0.1) is 25.0 Å². The monoisotopic (exact) mass is 228 g/mol. The maximum absolute atomic E-state index is 9.31. The Hall–Kier alpha value is -1.85. The van der Waals surface area contributed by atoms with Crippen molar-refractivity contribution >= 4 is 0 Å². The summed E-state index contributed by atoms with van der Waals surface area (Å²) in [6.45, 7) is 1.65. The molecule has 3 rings (SSSR count). The first kappa shape index (κ1) is 10.3. The lowest BCUT2D eigenvalue weighted by Crippen LogP contribution is -2.47. The van der Waals surface area contributed by atoms with Crippen LogP contribution in [-0.4, -0.2) is 22.8 Å². The van der Waals surface area contributed by atoms with Crippen LogP contribution in [0.3, 0.4) is 0 Å². The Labute approximate surface area is 99.2 Å². The van der Waals surface area contributed by atoms with E-state index in [0.717, 1.165) is 37.3 Å². The number of imidazole rings is 1. The second-order valence-electron chi connectivity index (χ2n) is 4.64. The minimum absolute atomic E-state index is 0.394. The van der Waals surface area contributed by atoms with E-state index in [1.165, 1.54) is 0 Å². The maximum Gasteiger partial charge on any atom is 0.162 e. The van der Waals surface area contributed by atoms with Crippen molar-refractivity contribution < 1.29 is 4.74 Å². The highest BCUT2D eigenvalue weighted by atomic mass is 16.5. The van der Waals surface area contributed by atoms with E-state index >= 15 is 0 Å². The van der Waals surface area contributed by atoms with Gasteiger partial charge in [-0.2, -0.15) is 10.5 Å². The van der Waals surface area contributed by atoms with Crippen molar-refractivity contribution in [3.05, 3.63) is 17.2 Å². The summed E-state index contributed by atoms with van der Waals surface area (Å²) in [4.78, 5) is 4.37. The van der Waals surface area contributed by atoms with Gasteiger partial charge in [-0.05, 0) is 19.3 Å². The second-order valence-corrected chi connectivity index (χ2v) is 4.64. The third-order valence-electron chi connectivity index (χ3n) is 3.56. The number of fused-ring (bicyclic) bond motifs is 1. The molecule has 0 amide bonds. The van der Waals surface area contributed by atoms with Gasteiger partial charge in [0.15, 0.2) is 11.1 Å². The first-order chi connectivity index (χ1) is 8.30. The van der Waals surface area contributed by atoms with Crippen molar-refractivity contribution in [3.8, 4) is 12.1 Å². The van der Waals surface area contributed by atoms with Crippen LogP contribution in [0.5, 0.6) is 0 Å². The maximum atomic E-state index is 9.31. The molecular formula is C12H12N4O. The molecule has 3 heterocycles. The molecule has 2 aliphatic rings. The van der Waals surface area contributed by atoms with E-state index in [1.807, 2.05) is 0 Å². The lowest BCUT2D eigenvalue weighted by atomic mass is 9.86. The van der Waals surface area contributed by atoms with Crippen LogP contribution in [0, 0.1) is 22.7 Å². The minimum atomic E-state index is -0.624. The molecule has 5 heteroatoms. The van der Waals surface area contributed by atoms with Crippen molar-refractivity contribution in [2.24, 2.45) is 0 Å². The number of nitriles is 2. The first-order valence-electron chi connectivity index (χ1n) is 5.80. The number of aromatic nitrogens is 2. The minimum Gasteiger partial charge on any atom is -0.377 e. The van der Waals surface area contributed by atoms with Crippen LogP contribution in [0.4, 0.5) is 0 Å². The first-order valence-corrected chi connectivity index (χ1v) is 5.80. The van der Waals surface area contributed by atoms with Gasteiger partial charge in [0.2, 0.25) is 0 Å². The standard InChI is InChI=1S/C12H12N4O/c13-5-9-10-3-1-2-4-16(10)11(15-9)12(6-14)7-17-8-12/h1-4,7-8H2. The molecule has 0 unspecified atom stereocenters. The van der Waals surface area contributed by atoms with Gasteiger partial charge in [-0.1, -0.05) is 0 Å². The molecule has 0 aliphatic carbocycles. The summed E-state index contributed by atoms with van der Waals surface area (Å²) in [6, 6.07) is 4.44. The summed E-state index contributed by atoms with van der Waals surface area (Å²) in [5, 5.41) is 18.4. The highest BCUT2D eigenvalue weighted by molar-refractivity contribution is 5.36. The summed E-state index contributed by atoms with van der Waals surface area (Å²) in [6.07, 6.45) is 3.07. The molecule has 1 aromatic rings. The zero-order valence-electron chi connectivity index (χ0n) is 9.44. The van der Waals surface area contributed by atoms with Crippen molar-refractivity contribution in [2.45, 2.75) is 31.2 Å². The summed E-state index contributed by atoms with van der Waals surface area (Å²) in [5.41, 5.74) is 0.859. The highest BCUT2D eigenvalue weighted by Crippen LogP contribution is 2.34. The number of hydrogen-bond acceptors (Lipinski definition) is 4. The fourth-order valence-corrected chi connectivity index (χ4v) is 2.55. The SMILES string of the molecule is N#Cc1nc(C2(C#N)COC2)n2c1CCCC2. The van der Waals surface area contributed by atoms with E-state index in [1.54, 1.807) is 0 Å². The van der Waals surface area contributed by atoms with Crippen LogP contribution in [0.1, 0.15) is 30.1 Å². The van der Waals surface area contributed by atoms with Gasteiger partial charge in [-0.25, -0.2) is 4.98 Å². The lowest BCUT2D eigenvalue weighted by Gasteiger charge is -2.35. The van der Waals surface area contributed by atoms with Crippen LogP contribution in [-0.2, 0) is 23.1 Å². The van der Waals surface area contributed by atoms with Gasteiger partial charge in [0.1, 0.15) is 11.9 Å². The Morgan fingerprint density at radius 2 is 2.12 bits per heavy atom. The van der Waals surface area contributed by atoms with Gasteiger partial charge in [0, 0.05) is 6.54 Å². The van der Waals surface area contributed by atoms with Gasteiger partial charge in [0.25, 0.3) is 0 Å². The predicted molar refractivity (Wildman–Crippen MR) is 58.0 cm³/mol. The van der Waals surface area contributed by atoms with Gasteiger partial charge >= 0.3 is 0 Å². The molecule has 0 radical (unpaired) electrons. The fourth-order valence-electron chi connectivity index (χ4n) is 2.55. The van der Waals surface area contributed by atoms with E-state index in [9.17, 15) is 5.26 Å². The van der Waals surface area contributed by atoms with Crippen LogP contribution >= 0.6 is 0 Å². The molecule has 1 saturated heterocycles. The molecule has 5 nitrogen and oxygen atoms in total. The molecule has 17 heavy (non-hydrogen) atoms. The Morgan fingerprint density at radius 3 is 2.71 bits per heavy atom. The van der Waals surface area contributed by atoms with Crippen molar-refractivity contribution in [2.75, 3.05) is 13.2 Å². The molecule has 0 atom stereocenters. The van der Waals surface area contributed by atoms with Crippen LogP contribution in [0.15, 0.2) is 0 Å². The van der Waals surface area contributed by atoms with Crippen molar-refractivity contribution in [3.63, 3.8) is 0 Å². The summed E-state index contributed by atoms with van der Waals surface area (Å²) in [5.74, 6) is 0.734. The zero-order valence-corrected chi connectivity index (χ0v) is 9.44. The molecule has 2 aliphatic heterocycles. The van der Waals surface area contributed by atoms with Crippen molar-refractivity contribution in [1.82, 2.24) is 9.55 Å². The predicted octanol–water partition coefficient (Wildman–Crippen LogP) is 0.883. The molecule has 1 fully saturated rings. The summed E-state index contributed by atoms with van der Waals surface area (Å²) < 4.78 is 7.22. The second kappa shape index (κ2) is 3.58. The molecule has 0 bridgehead atoms. The molecule has 1 aromatic heterocycles. The summed E-state index contributed by atoms with van der Waals surface area (Å²) >= 11 is 0.